The van der Waals surface area contributed by atoms with Gasteiger partial charge in [-0.2, -0.15) is 13.2 Å². The summed E-state index contributed by atoms with van der Waals surface area (Å²) in [5.74, 6) is -0.00533. The summed E-state index contributed by atoms with van der Waals surface area (Å²) in [6.07, 6.45) is -4.22. The number of aromatic nitrogens is 1. The number of benzene rings is 1. The molecule has 1 N–H and O–H groups in total. The molecule has 2 heterocycles. The van der Waals surface area contributed by atoms with Gasteiger partial charge >= 0.3 is 6.18 Å². The SMILES string of the molecule is CC1CN(C(=O)Cc2csc(-c3cccc(C(F)(F)F)c3)n2)CCN1. The normalized spacial score (nSPS) is 18.4. The Hall–Kier alpha value is -1.93. The molecule has 0 aliphatic carbocycles. The Morgan fingerprint density at radius 3 is 2.96 bits per heavy atom. The Morgan fingerprint density at radius 1 is 1.44 bits per heavy atom. The molecular weight excluding hydrogens is 351 g/mol. The first-order valence-electron chi connectivity index (χ1n) is 7.96. The Labute approximate surface area is 147 Å². The van der Waals surface area contributed by atoms with Crippen LogP contribution in [0.3, 0.4) is 0 Å². The monoisotopic (exact) mass is 369 g/mol. The Morgan fingerprint density at radius 2 is 2.24 bits per heavy atom. The number of rotatable bonds is 3. The molecule has 1 saturated heterocycles. The highest BCUT2D eigenvalue weighted by atomic mass is 32.1. The molecule has 1 aromatic heterocycles. The highest BCUT2D eigenvalue weighted by molar-refractivity contribution is 7.13. The minimum Gasteiger partial charge on any atom is -0.340 e. The van der Waals surface area contributed by atoms with Crippen LogP contribution in [0.25, 0.3) is 10.6 Å². The lowest BCUT2D eigenvalue weighted by atomic mass is 10.1. The summed E-state index contributed by atoms with van der Waals surface area (Å²) < 4.78 is 38.5. The van der Waals surface area contributed by atoms with Crippen LogP contribution in [-0.4, -0.2) is 41.5 Å². The van der Waals surface area contributed by atoms with Gasteiger partial charge in [0.25, 0.3) is 0 Å². The predicted molar refractivity (Wildman–Crippen MR) is 90.3 cm³/mol. The van der Waals surface area contributed by atoms with Gasteiger partial charge in [-0.25, -0.2) is 4.98 Å². The van der Waals surface area contributed by atoms with E-state index in [4.69, 9.17) is 0 Å². The summed E-state index contributed by atoms with van der Waals surface area (Å²) in [5.41, 5.74) is 0.301. The molecule has 0 saturated carbocycles. The zero-order chi connectivity index (χ0) is 18.0. The number of piperazine rings is 1. The number of amides is 1. The molecular formula is C17H18F3N3OS. The number of carbonyl (C=O) groups excluding carboxylic acids is 1. The zero-order valence-electron chi connectivity index (χ0n) is 13.6. The first-order valence-corrected chi connectivity index (χ1v) is 8.84. The highest BCUT2D eigenvalue weighted by Crippen LogP contribution is 2.33. The Kier molecular flexibility index (Phi) is 5.10. The van der Waals surface area contributed by atoms with Gasteiger partial charge in [-0.3, -0.25) is 4.79 Å². The number of alkyl halides is 3. The van der Waals surface area contributed by atoms with E-state index in [1.54, 1.807) is 16.3 Å². The number of hydrogen-bond donors (Lipinski definition) is 1. The molecule has 1 aliphatic heterocycles. The molecule has 0 spiro atoms. The van der Waals surface area contributed by atoms with Gasteiger partial charge in [-0.05, 0) is 19.1 Å². The lowest BCUT2D eigenvalue weighted by Crippen LogP contribution is -2.51. The Balaban J connectivity index is 1.71. The summed E-state index contributed by atoms with van der Waals surface area (Å²) >= 11 is 1.25. The molecule has 8 heteroatoms. The average molecular weight is 369 g/mol. The smallest absolute Gasteiger partial charge is 0.340 e. The van der Waals surface area contributed by atoms with Crippen LogP contribution in [0.2, 0.25) is 0 Å². The molecule has 0 radical (unpaired) electrons. The van der Waals surface area contributed by atoms with Crippen LogP contribution in [0.1, 0.15) is 18.2 Å². The second kappa shape index (κ2) is 7.13. The van der Waals surface area contributed by atoms with Crippen molar-refractivity contribution in [2.75, 3.05) is 19.6 Å². The number of nitrogens with one attached hydrogen (secondary N) is 1. The molecule has 0 bridgehead atoms. The van der Waals surface area contributed by atoms with E-state index in [0.29, 0.717) is 29.4 Å². The topological polar surface area (TPSA) is 45.2 Å². The number of carbonyl (C=O) groups is 1. The molecule has 1 aromatic carbocycles. The van der Waals surface area contributed by atoms with Gasteiger partial charge in [0.2, 0.25) is 5.91 Å². The van der Waals surface area contributed by atoms with Gasteiger partial charge in [0, 0.05) is 36.6 Å². The number of halogens is 3. The van der Waals surface area contributed by atoms with Crippen molar-refractivity contribution in [1.29, 1.82) is 0 Å². The predicted octanol–water partition coefficient (Wildman–Crippen LogP) is 3.19. The lowest BCUT2D eigenvalue weighted by molar-refractivity contribution is -0.137. The van der Waals surface area contributed by atoms with E-state index < -0.39 is 11.7 Å². The summed E-state index contributed by atoms with van der Waals surface area (Å²) in [4.78, 5) is 18.5. The fraction of sp³-hybridized carbons (Fsp3) is 0.412. The second-order valence-corrected chi connectivity index (χ2v) is 6.95. The van der Waals surface area contributed by atoms with Gasteiger partial charge < -0.3 is 10.2 Å². The van der Waals surface area contributed by atoms with E-state index in [0.717, 1.165) is 18.7 Å². The third kappa shape index (κ3) is 4.38. The molecule has 3 rings (SSSR count). The van der Waals surface area contributed by atoms with Gasteiger partial charge in [0.1, 0.15) is 5.01 Å². The minimum atomic E-state index is -4.38. The van der Waals surface area contributed by atoms with Crippen molar-refractivity contribution in [3.05, 3.63) is 40.9 Å². The maximum atomic E-state index is 12.8. The first kappa shape index (κ1) is 17.9. The quantitative estimate of drug-likeness (QED) is 0.904. The van der Waals surface area contributed by atoms with Gasteiger partial charge in [0.05, 0.1) is 17.7 Å². The van der Waals surface area contributed by atoms with Crippen molar-refractivity contribution in [3.63, 3.8) is 0 Å². The van der Waals surface area contributed by atoms with Crippen LogP contribution >= 0.6 is 11.3 Å². The highest BCUT2D eigenvalue weighted by Gasteiger charge is 2.30. The maximum absolute atomic E-state index is 12.8. The summed E-state index contributed by atoms with van der Waals surface area (Å²) in [5, 5.41) is 5.50. The van der Waals surface area contributed by atoms with Gasteiger partial charge in [-0.15, -0.1) is 11.3 Å². The van der Waals surface area contributed by atoms with Crippen LogP contribution in [0.5, 0.6) is 0 Å². The first-order chi connectivity index (χ1) is 11.8. The molecule has 134 valence electrons. The summed E-state index contributed by atoms with van der Waals surface area (Å²) in [6, 6.07) is 5.34. The second-order valence-electron chi connectivity index (χ2n) is 6.09. The van der Waals surface area contributed by atoms with Crippen molar-refractivity contribution < 1.29 is 18.0 Å². The summed E-state index contributed by atoms with van der Waals surface area (Å²) in [7, 11) is 0. The van der Waals surface area contributed by atoms with E-state index in [-0.39, 0.29) is 18.4 Å². The minimum absolute atomic E-state index is 0.00533. The number of thiazole rings is 1. The molecule has 1 aliphatic rings. The molecule has 2 aromatic rings. The van der Waals surface area contributed by atoms with Crippen molar-refractivity contribution >= 4 is 17.2 Å². The molecule has 4 nitrogen and oxygen atoms in total. The van der Waals surface area contributed by atoms with E-state index in [1.165, 1.54) is 17.4 Å². The standard InChI is InChI=1S/C17H18F3N3OS/c1-11-9-23(6-5-21-11)15(24)8-14-10-25-16(22-14)12-3-2-4-13(7-12)17(18,19)20/h2-4,7,10-11,21H,5-6,8-9H2,1H3. The van der Waals surface area contributed by atoms with Gasteiger partial charge in [0.15, 0.2) is 0 Å². The van der Waals surface area contributed by atoms with Crippen LogP contribution in [-0.2, 0) is 17.4 Å². The molecule has 1 amide bonds. The van der Waals surface area contributed by atoms with E-state index >= 15 is 0 Å². The maximum Gasteiger partial charge on any atom is 0.416 e. The van der Waals surface area contributed by atoms with Gasteiger partial charge in [-0.1, -0.05) is 12.1 Å². The largest absolute Gasteiger partial charge is 0.416 e. The summed E-state index contributed by atoms with van der Waals surface area (Å²) in [6.45, 7) is 4.10. The molecule has 1 fully saturated rings. The van der Waals surface area contributed by atoms with E-state index in [2.05, 4.69) is 10.3 Å². The third-order valence-electron chi connectivity index (χ3n) is 4.04. The number of hydrogen-bond acceptors (Lipinski definition) is 4. The third-order valence-corrected chi connectivity index (χ3v) is 4.98. The zero-order valence-corrected chi connectivity index (χ0v) is 14.5. The fourth-order valence-electron chi connectivity index (χ4n) is 2.77. The Bertz CT molecular complexity index is 760. The molecule has 1 unspecified atom stereocenters. The van der Waals surface area contributed by atoms with Crippen molar-refractivity contribution in [1.82, 2.24) is 15.2 Å². The fourth-order valence-corrected chi connectivity index (χ4v) is 3.59. The van der Waals surface area contributed by atoms with Crippen molar-refractivity contribution in [2.24, 2.45) is 0 Å². The van der Waals surface area contributed by atoms with Crippen LogP contribution < -0.4 is 5.32 Å². The van der Waals surface area contributed by atoms with Crippen molar-refractivity contribution in [2.45, 2.75) is 25.6 Å². The van der Waals surface area contributed by atoms with Crippen molar-refractivity contribution in [3.8, 4) is 10.6 Å². The molecule has 25 heavy (non-hydrogen) atoms. The average Bonchev–Trinajstić information content (AvgIpc) is 3.03. The number of nitrogens with zero attached hydrogens (tertiary/aromatic N) is 2. The van der Waals surface area contributed by atoms with Crippen LogP contribution in [0, 0.1) is 0 Å². The lowest BCUT2D eigenvalue weighted by Gasteiger charge is -2.31. The van der Waals surface area contributed by atoms with Crippen LogP contribution in [0.15, 0.2) is 29.6 Å². The van der Waals surface area contributed by atoms with E-state index in [9.17, 15) is 18.0 Å². The molecule has 1 atom stereocenters. The van der Waals surface area contributed by atoms with E-state index in [1.807, 2.05) is 6.92 Å². The van der Waals surface area contributed by atoms with Crippen LogP contribution in [0.4, 0.5) is 13.2 Å².